The molecule has 0 bridgehead atoms. The monoisotopic (exact) mass is 413 g/mol. The van der Waals surface area contributed by atoms with Crippen LogP contribution in [0.1, 0.15) is 23.6 Å². The summed E-state index contributed by atoms with van der Waals surface area (Å²) in [4.78, 5) is 0. The highest BCUT2D eigenvalue weighted by Crippen LogP contribution is 2.39. The van der Waals surface area contributed by atoms with Gasteiger partial charge in [0.2, 0.25) is 0 Å². The Morgan fingerprint density at radius 1 is 1.07 bits per heavy atom. The van der Waals surface area contributed by atoms with Gasteiger partial charge in [-0.1, -0.05) is 54.6 Å². The SMILES string of the molecule is CC(CO)(NCc1c2c3c(cccc3c3ccccc13)C=C2)C(O)OS(C)(=O)=O. The lowest BCUT2D eigenvalue weighted by Gasteiger charge is -2.33. The minimum absolute atomic E-state index is 0.311. The molecule has 1 aliphatic carbocycles. The molecule has 29 heavy (non-hydrogen) atoms. The van der Waals surface area contributed by atoms with Crippen molar-refractivity contribution in [2.75, 3.05) is 12.9 Å². The van der Waals surface area contributed by atoms with E-state index in [9.17, 15) is 18.6 Å². The highest BCUT2D eigenvalue weighted by atomic mass is 32.2. The van der Waals surface area contributed by atoms with E-state index >= 15 is 0 Å². The maximum absolute atomic E-state index is 11.4. The summed E-state index contributed by atoms with van der Waals surface area (Å²) < 4.78 is 27.5. The van der Waals surface area contributed by atoms with Crippen molar-refractivity contribution < 1.29 is 22.8 Å². The van der Waals surface area contributed by atoms with Crippen LogP contribution in [0.2, 0.25) is 0 Å². The highest BCUT2D eigenvalue weighted by molar-refractivity contribution is 7.86. The highest BCUT2D eigenvalue weighted by Gasteiger charge is 2.36. The minimum Gasteiger partial charge on any atom is -0.394 e. The maximum atomic E-state index is 11.4. The van der Waals surface area contributed by atoms with Gasteiger partial charge in [0, 0.05) is 6.54 Å². The Morgan fingerprint density at radius 2 is 1.76 bits per heavy atom. The molecule has 152 valence electrons. The Kier molecular flexibility index (Phi) is 4.96. The molecule has 7 heteroatoms. The molecule has 3 aromatic carbocycles. The molecule has 0 saturated heterocycles. The van der Waals surface area contributed by atoms with Crippen molar-refractivity contribution in [1.82, 2.24) is 5.32 Å². The van der Waals surface area contributed by atoms with E-state index < -0.39 is 28.6 Å². The first kappa shape index (κ1) is 20.0. The van der Waals surface area contributed by atoms with Crippen LogP contribution in [0.25, 0.3) is 33.7 Å². The predicted octanol–water partition coefficient (Wildman–Crippen LogP) is 2.61. The van der Waals surface area contributed by atoms with Gasteiger partial charge in [0.15, 0.2) is 6.29 Å². The number of aliphatic hydroxyl groups is 2. The molecule has 6 nitrogen and oxygen atoms in total. The third kappa shape index (κ3) is 3.56. The normalized spacial score (nSPS) is 16.4. The van der Waals surface area contributed by atoms with Gasteiger partial charge in [0.25, 0.3) is 10.1 Å². The van der Waals surface area contributed by atoms with Crippen molar-refractivity contribution in [1.29, 1.82) is 0 Å². The van der Waals surface area contributed by atoms with Crippen LogP contribution in [0, 0.1) is 0 Å². The first-order valence-electron chi connectivity index (χ1n) is 9.30. The minimum atomic E-state index is -3.88. The van der Waals surface area contributed by atoms with Crippen LogP contribution in [-0.2, 0) is 20.8 Å². The number of benzene rings is 3. The van der Waals surface area contributed by atoms with Crippen molar-refractivity contribution in [2.45, 2.75) is 25.3 Å². The van der Waals surface area contributed by atoms with Crippen molar-refractivity contribution in [2.24, 2.45) is 0 Å². The summed E-state index contributed by atoms with van der Waals surface area (Å²) in [6, 6.07) is 14.3. The predicted molar refractivity (Wildman–Crippen MR) is 115 cm³/mol. The molecule has 0 saturated carbocycles. The fourth-order valence-corrected chi connectivity index (χ4v) is 4.39. The molecule has 1 aliphatic rings. The Bertz CT molecular complexity index is 1230. The van der Waals surface area contributed by atoms with Gasteiger partial charge in [-0.3, -0.25) is 0 Å². The van der Waals surface area contributed by atoms with Gasteiger partial charge < -0.3 is 15.5 Å². The van der Waals surface area contributed by atoms with E-state index in [1.165, 1.54) is 17.7 Å². The summed E-state index contributed by atoms with van der Waals surface area (Å²) >= 11 is 0. The first-order valence-corrected chi connectivity index (χ1v) is 11.1. The van der Waals surface area contributed by atoms with Gasteiger partial charge in [-0.05, 0) is 45.2 Å². The van der Waals surface area contributed by atoms with Gasteiger partial charge in [0.05, 0.1) is 18.4 Å². The average Bonchev–Trinajstić information content (AvgIpc) is 3.11. The van der Waals surface area contributed by atoms with E-state index in [4.69, 9.17) is 4.18 Å². The molecule has 3 N–H and O–H groups in total. The van der Waals surface area contributed by atoms with Gasteiger partial charge in [-0.2, -0.15) is 8.42 Å². The molecule has 3 aromatic rings. The van der Waals surface area contributed by atoms with Gasteiger partial charge >= 0.3 is 0 Å². The molecule has 0 aromatic heterocycles. The van der Waals surface area contributed by atoms with E-state index in [1.54, 1.807) is 0 Å². The third-order valence-corrected chi connectivity index (χ3v) is 6.00. The number of rotatable bonds is 7. The Morgan fingerprint density at radius 3 is 2.45 bits per heavy atom. The summed E-state index contributed by atoms with van der Waals surface area (Å²) in [5, 5.41) is 27.7. The van der Waals surface area contributed by atoms with Crippen LogP contribution in [0.5, 0.6) is 0 Å². The second kappa shape index (κ2) is 7.19. The van der Waals surface area contributed by atoms with E-state index in [-0.39, 0.29) is 0 Å². The molecular formula is C22H23NO5S. The molecule has 0 radical (unpaired) electrons. The maximum Gasteiger partial charge on any atom is 0.266 e. The zero-order chi connectivity index (χ0) is 20.8. The van der Waals surface area contributed by atoms with Crippen LogP contribution in [-0.4, -0.2) is 43.3 Å². The molecule has 0 amide bonds. The van der Waals surface area contributed by atoms with E-state index in [0.29, 0.717) is 6.54 Å². The van der Waals surface area contributed by atoms with Crippen LogP contribution in [0.3, 0.4) is 0 Å². The second-order valence-electron chi connectivity index (χ2n) is 7.62. The fourth-order valence-electron chi connectivity index (χ4n) is 3.84. The van der Waals surface area contributed by atoms with Crippen LogP contribution in [0.4, 0.5) is 0 Å². The Balaban J connectivity index is 1.78. The Hall–Kier alpha value is -2.29. The van der Waals surface area contributed by atoms with Crippen LogP contribution < -0.4 is 5.32 Å². The molecule has 0 fully saturated rings. The molecule has 2 unspecified atom stereocenters. The van der Waals surface area contributed by atoms with Gasteiger partial charge in [0.1, 0.15) is 0 Å². The quantitative estimate of drug-likeness (QED) is 0.245. The molecule has 4 rings (SSSR count). The molecule has 0 spiro atoms. The lowest BCUT2D eigenvalue weighted by Crippen LogP contribution is -2.56. The summed E-state index contributed by atoms with van der Waals surface area (Å²) in [6.07, 6.45) is 3.28. The number of hydrogen-bond acceptors (Lipinski definition) is 6. The summed E-state index contributed by atoms with van der Waals surface area (Å²) in [5.41, 5.74) is 1.88. The van der Waals surface area contributed by atoms with Crippen LogP contribution >= 0.6 is 0 Å². The number of nitrogens with one attached hydrogen (secondary N) is 1. The third-order valence-electron chi connectivity index (χ3n) is 5.47. The zero-order valence-electron chi connectivity index (χ0n) is 16.2. The average molecular weight is 413 g/mol. The fraction of sp³-hybridized carbons (Fsp3) is 0.273. The first-order chi connectivity index (χ1) is 13.7. The van der Waals surface area contributed by atoms with Gasteiger partial charge in [-0.25, -0.2) is 4.18 Å². The summed E-state index contributed by atoms with van der Waals surface area (Å²) in [7, 11) is -3.88. The molecule has 0 aliphatic heterocycles. The summed E-state index contributed by atoms with van der Waals surface area (Å²) in [6.45, 7) is 1.32. The second-order valence-corrected chi connectivity index (χ2v) is 9.22. The lowest BCUT2D eigenvalue weighted by molar-refractivity contribution is -0.0947. The van der Waals surface area contributed by atoms with Crippen LogP contribution in [0.15, 0.2) is 42.5 Å². The lowest BCUT2D eigenvalue weighted by atomic mass is 9.91. The zero-order valence-corrected chi connectivity index (χ0v) is 17.0. The molecule has 0 heterocycles. The van der Waals surface area contributed by atoms with Gasteiger partial charge in [-0.15, -0.1) is 0 Å². The summed E-state index contributed by atoms with van der Waals surface area (Å²) in [5.74, 6) is 0. The van der Waals surface area contributed by atoms with E-state index in [2.05, 4.69) is 35.7 Å². The van der Waals surface area contributed by atoms with Crippen molar-refractivity contribution in [3.8, 4) is 0 Å². The standard InChI is InChI=1S/C22H23NO5S/c1-22(13-24,21(25)28-29(2,26)27)23-12-19-16-8-4-3-7-15(16)17-9-5-6-14-10-11-18(19)20(14)17/h3-11,21,23-25H,12-13H2,1-2H3. The number of hydrogen-bond donors (Lipinski definition) is 3. The van der Waals surface area contributed by atoms with Crippen molar-refractivity contribution in [3.63, 3.8) is 0 Å². The number of fused-ring (bicyclic) bond motifs is 2. The number of aliphatic hydroxyl groups excluding tert-OH is 2. The molecule has 2 atom stereocenters. The Labute approximate surface area is 169 Å². The molecular weight excluding hydrogens is 390 g/mol. The van der Waals surface area contributed by atoms with Crippen molar-refractivity contribution >= 4 is 43.8 Å². The topological polar surface area (TPSA) is 95.9 Å². The van der Waals surface area contributed by atoms with E-state index in [1.807, 2.05) is 24.3 Å². The smallest absolute Gasteiger partial charge is 0.266 e. The largest absolute Gasteiger partial charge is 0.394 e. The van der Waals surface area contributed by atoms with Crippen molar-refractivity contribution in [3.05, 3.63) is 59.2 Å². The van der Waals surface area contributed by atoms with E-state index in [0.717, 1.165) is 33.7 Å².